The Morgan fingerprint density at radius 3 is 2.41 bits per heavy atom. The van der Waals surface area contributed by atoms with Gasteiger partial charge < -0.3 is 24.3 Å². The van der Waals surface area contributed by atoms with Gasteiger partial charge >= 0.3 is 5.97 Å². The number of methoxy groups -OCH3 is 2. The molecule has 7 heteroatoms. The van der Waals surface area contributed by atoms with Crippen LogP contribution in [0.5, 0.6) is 17.2 Å². The van der Waals surface area contributed by atoms with E-state index < -0.39 is 11.9 Å². The summed E-state index contributed by atoms with van der Waals surface area (Å²) in [5, 5.41) is 20.2. The van der Waals surface area contributed by atoms with Crippen LogP contribution in [0, 0.1) is 6.92 Å². The second-order valence-electron chi connectivity index (χ2n) is 7.53. The molecule has 0 saturated heterocycles. The van der Waals surface area contributed by atoms with Crippen molar-refractivity contribution in [2.45, 2.75) is 32.2 Å². The minimum absolute atomic E-state index is 0.121. The Labute approximate surface area is 186 Å². The molecule has 0 aliphatic heterocycles. The molecule has 3 rings (SSSR count). The number of carbonyl (C=O) groups is 1. The summed E-state index contributed by atoms with van der Waals surface area (Å²) in [6.45, 7) is 2.12. The second-order valence-corrected chi connectivity index (χ2v) is 7.53. The Morgan fingerprint density at radius 2 is 1.75 bits per heavy atom. The molecule has 0 bridgehead atoms. The number of hydrogen-bond donors (Lipinski definition) is 2. The van der Waals surface area contributed by atoms with Gasteiger partial charge in [0.2, 0.25) is 0 Å². The quantitative estimate of drug-likeness (QED) is 0.524. The fourth-order valence-corrected chi connectivity index (χ4v) is 3.85. The van der Waals surface area contributed by atoms with E-state index in [1.54, 1.807) is 60.0 Å². The second kappa shape index (κ2) is 10.0. The van der Waals surface area contributed by atoms with Crippen LogP contribution >= 0.6 is 0 Å². The van der Waals surface area contributed by atoms with Crippen LogP contribution in [0.3, 0.4) is 0 Å². The Bertz CT molecular complexity index is 1150. The minimum atomic E-state index is -0.744. The minimum Gasteiger partial charge on any atom is -0.508 e. The predicted octanol–water partition coefficient (Wildman–Crippen LogP) is 3.51. The Balaban J connectivity index is 2.08. The van der Waals surface area contributed by atoms with Crippen molar-refractivity contribution in [3.05, 3.63) is 87.3 Å². The van der Waals surface area contributed by atoms with Crippen LogP contribution in [0.2, 0.25) is 0 Å². The molecule has 0 radical (unpaired) electrons. The van der Waals surface area contributed by atoms with Gasteiger partial charge in [-0.05, 0) is 43.2 Å². The number of rotatable bonds is 8. The molecule has 168 valence electrons. The van der Waals surface area contributed by atoms with Crippen LogP contribution < -0.4 is 10.3 Å². The van der Waals surface area contributed by atoms with Gasteiger partial charge in [0.05, 0.1) is 26.2 Å². The van der Waals surface area contributed by atoms with Gasteiger partial charge in [0, 0.05) is 23.7 Å². The van der Waals surface area contributed by atoms with Gasteiger partial charge in [0.25, 0.3) is 5.56 Å². The first-order valence-corrected chi connectivity index (χ1v) is 10.3. The lowest BCUT2D eigenvalue weighted by molar-refractivity contribution is -0.140. The topological polar surface area (TPSA) is 98.0 Å². The number of para-hydroxylation sites is 1. The molecule has 0 fully saturated rings. The third kappa shape index (κ3) is 4.94. The molecule has 1 atom stereocenters. The number of benzene rings is 2. The van der Waals surface area contributed by atoms with Crippen LogP contribution in [0.25, 0.3) is 0 Å². The molecule has 0 aliphatic rings. The lowest BCUT2D eigenvalue weighted by Gasteiger charge is -2.22. The number of esters is 1. The largest absolute Gasteiger partial charge is 0.508 e. The van der Waals surface area contributed by atoms with Crippen LogP contribution in [0.4, 0.5) is 0 Å². The molecule has 0 spiro atoms. The van der Waals surface area contributed by atoms with Crippen molar-refractivity contribution in [3.8, 4) is 17.2 Å². The van der Waals surface area contributed by atoms with Gasteiger partial charge in [-0.25, -0.2) is 0 Å². The predicted molar refractivity (Wildman–Crippen MR) is 120 cm³/mol. The molecule has 7 nitrogen and oxygen atoms in total. The molecule has 0 aliphatic carbocycles. The average molecular weight is 437 g/mol. The molecular formula is C25H27NO6. The van der Waals surface area contributed by atoms with Crippen molar-refractivity contribution < 1.29 is 24.5 Å². The highest BCUT2D eigenvalue weighted by Crippen LogP contribution is 2.37. The summed E-state index contributed by atoms with van der Waals surface area (Å²) in [4.78, 5) is 25.7. The maximum Gasteiger partial charge on any atom is 0.306 e. The number of pyridine rings is 1. The van der Waals surface area contributed by atoms with Crippen molar-refractivity contribution in [2.75, 3.05) is 14.2 Å². The number of hydrogen-bond acceptors (Lipinski definition) is 6. The van der Waals surface area contributed by atoms with Gasteiger partial charge in [0.1, 0.15) is 17.2 Å². The van der Waals surface area contributed by atoms with E-state index in [1.165, 1.54) is 20.3 Å². The summed E-state index contributed by atoms with van der Waals surface area (Å²) >= 11 is 0. The SMILES string of the molecule is COC(=O)C[C@@H](c1ccccc1OC)c1c(O)cc(C)n(CCc2ccc(O)cc2)c1=O. The third-order valence-electron chi connectivity index (χ3n) is 5.54. The van der Waals surface area contributed by atoms with Crippen LogP contribution in [-0.4, -0.2) is 35.0 Å². The van der Waals surface area contributed by atoms with Crippen molar-refractivity contribution in [1.82, 2.24) is 4.57 Å². The molecule has 1 aromatic heterocycles. The highest BCUT2D eigenvalue weighted by molar-refractivity contribution is 5.72. The Morgan fingerprint density at radius 1 is 1.06 bits per heavy atom. The summed E-state index contributed by atoms with van der Waals surface area (Å²) in [6.07, 6.45) is 0.433. The lowest BCUT2D eigenvalue weighted by atomic mass is 9.87. The summed E-state index contributed by atoms with van der Waals surface area (Å²) in [7, 11) is 2.80. The Hall–Kier alpha value is -3.74. The van der Waals surface area contributed by atoms with E-state index in [2.05, 4.69) is 0 Å². The normalized spacial score (nSPS) is 11.7. The number of nitrogens with zero attached hydrogens (tertiary/aromatic N) is 1. The molecule has 2 N–H and O–H groups in total. The monoisotopic (exact) mass is 437 g/mol. The van der Waals surface area contributed by atoms with Gasteiger partial charge in [0.15, 0.2) is 0 Å². The first kappa shape index (κ1) is 22.9. The molecule has 0 unspecified atom stereocenters. The molecule has 1 heterocycles. The van der Waals surface area contributed by atoms with Crippen molar-refractivity contribution >= 4 is 5.97 Å². The number of phenolic OH excluding ortho intramolecular Hbond substituents is 1. The standard InChI is InChI=1S/C25H27NO6/c1-16-14-21(28)24(25(30)26(16)13-12-17-8-10-18(27)11-9-17)20(15-23(29)32-3)19-6-4-5-7-22(19)31-2/h4-11,14,20,27-28H,12-13,15H2,1-3H3/t20-/m0/s1. The molecule has 2 aromatic carbocycles. The zero-order valence-corrected chi connectivity index (χ0v) is 18.4. The highest BCUT2D eigenvalue weighted by Gasteiger charge is 2.28. The number of aryl methyl sites for hydroxylation is 2. The van der Waals surface area contributed by atoms with E-state index in [4.69, 9.17) is 9.47 Å². The number of aromatic nitrogens is 1. The van der Waals surface area contributed by atoms with Gasteiger partial charge in [-0.15, -0.1) is 0 Å². The van der Waals surface area contributed by atoms with Crippen LogP contribution in [0.1, 0.15) is 34.7 Å². The average Bonchev–Trinajstić information content (AvgIpc) is 2.79. The molecule has 3 aromatic rings. The molecule has 0 amide bonds. The van der Waals surface area contributed by atoms with Crippen molar-refractivity contribution in [3.63, 3.8) is 0 Å². The number of carbonyl (C=O) groups excluding carboxylic acids is 1. The summed E-state index contributed by atoms with van der Waals surface area (Å²) in [5.41, 5.74) is 1.92. The van der Waals surface area contributed by atoms with Crippen LogP contribution in [-0.2, 0) is 22.5 Å². The Kier molecular flexibility index (Phi) is 7.20. The van der Waals surface area contributed by atoms with E-state index in [0.717, 1.165) is 5.56 Å². The molecule has 32 heavy (non-hydrogen) atoms. The third-order valence-corrected chi connectivity index (χ3v) is 5.54. The summed E-state index contributed by atoms with van der Waals surface area (Å²) < 4.78 is 11.9. The fraction of sp³-hybridized carbons (Fsp3) is 0.280. The highest BCUT2D eigenvalue weighted by atomic mass is 16.5. The zero-order valence-electron chi connectivity index (χ0n) is 18.4. The maximum absolute atomic E-state index is 13.5. The number of aromatic hydroxyl groups is 2. The van der Waals surface area contributed by atoms with Gasteiger partial charge in [-0.2, -0.15) is 0 Å². The summed E-state index contributed by atoms with van der Waals surface area (Å²) in [5.74, 6) is -0.733. The molecule has 0 saturated carbocycles. The van der Waals surface area contributed by atoms with E-state index in [1.807, 2.05) is 0 Å². The first-order valence-electron chi connectivity index (χ1n) is 10.3. The summed E-state index contributed by atoms with van der Waals surface area (Å²) in [6, 6.07) is 15.4. The van der Waals surface area contributed by atoms with E-state index in [9.17, 15) is 19.8 Å². The zero-order chi connectivity index (χ0) is 23.3. The number of phenols is 1. The van der Waals surface area contributed by atoms with E-state index in [0.29, 0.717) is 30.0 Å². The van der Waals surface area contributed by atoms with Crippen molar-refractivity contribution in [1.29, 1.82) is 0 Å². The lowest BCUT2D eigenvalue weighted by Crippen LogP contribution is -2.29. The van der Waals surface area contributed by atoms with Crippen molar-refractivity contribution in [2.24, 2.45) is 0 Å². The molecular weight excluding hydrogens is 410 g/mol. The maximum atomic E-state index is 13.5. The fourth-order valence-electron chi connectivity index (χ4n) is 3.85. The van der Waals surface area contributed by atoms with Gasteiger partial charge in [-0.1, -0.05) is 30.3 Å². The van der Waals surface area contributed by atoms with Crippen LogP contribution in [0.15, 0.2) is 59.4 Å². The van der Waals surface area contributed by atoms with E-state index in [-0.39, 0.29) is 29.0 Å². The van der Waals surface area contributed by atoms with E-state index >= 15 is 0 Å². The van der Waals surface area contributed by atoms with Gasteiger partial charge in [-0.3, -0.25) is 9.59 Å². The number of ether oxygens (including phenoxy) is 2. The smallest absolute Gasteiger partial charge is 0.306 e. The first-order chi connectivity index (χ1) is 15.3.